The Kier molecular flexibility index (Phi) is 2.70. The lowest BCUT2D eigenvalue weighted by Crippen LogP contribution is -2.08. The number of halogens is 1. The van der Waals surface area contributed by atoms with Crippen molar-refractivity contribution in [1.82, 2.24) is 0 Å². The highest BCUT2D eigenvalue weighted by Crippen LogP contribution is 2.19. The number of anilines is 1. The van der Waals surface area contributed by atoms with Gasteiger partial charge in [0.2, 0.25) is 0 Å². The molecule has 3 nitrogen and oxygen atoms in total. The number of amides is 1. The molecule has 0 fully saturated rings. The number of hydrogen-bond donors (Lipinski definition) is 2. The Morgan fingerprint density at radius 3 is 2.75 bits per heavy atom. The third kappa shape index (κ3) is 2.23. The molecule has 0 saturated heterocycles. The molecule has 0 aliphatic rings. The zero-order valence-electron chi connectivity index (χ0n) is 6.47. The van der Waals surface area contributed by atoms with Crippen molar-refractivity contribution in [2.45, 2.75) is 6.92 Å². The molecule has 4 heteroatoms. The minimum absolute atomic E-state index is 0.616. The maximum Gasteiger partial charge on any atom is 0.409 e. The SMILES string of the molecule is Cc1cc(Br)ccc1NC(=O)O. The van der Waals surface area contributed by atoms with E-state index in [1.165, 1.54) is 0 Å². The van der Waals surface area contributed by atoms with E-state index in [0.29, 0.717) is 5.69 Å². The van der Waals surface area contributed by atoms with Gasteiger partial charge in [-0.05, 0) is 30.7 Å². The summed E-state index contributed by atoms with van der Waals surface area (Å²) in [6.07, 6.45) is -1.04. The molecule has 64 valence electrons. The quantitative estimate of drug-likeness (QED) is 0.779. The summed E-state index contributed by atoms with van der Waals surface area (Å²) in [6.45, 7) is 1.84. The fourth-order valence-corrected chi connectivity index (χ4v) is 1.36. The Balaban J connectivity index is 2.93. The first-order valence-electron chi connectivity index (χ1n) is 3.35. The van der Waals surface area contributed by atoms with Gasteiger partial charge in [0.05, 0.1) is 0 Å². The van der Waals surface area contributed by atoms with E-state index in [2.05, 4.69) is 21.2 Å². The highest BCUT2D eigenvalue weighted by molar-refractivity contribution is 9.10. The van der Waals surface area contributed by atoms with E-state index in [-0.39, 0.29) is 0 Å². The second-order valence-corrected chi connectivity index (χ2v) is 3.31. The van der Waals surface area contributed by atoms with Crippen molar-refractivity contribution in [3.63, 3.8) is 0 Å². The molecule has 0 bridgehead atoms. The minimum atomic E-state index is -1.04. The standard InChI is InChI=1S/C8H8BrNO2/c1-5-4-6(9)2-3-7(5)10-8(11)12/h2-4,10H,1H3,(H,11,12). The van der Waals surface area contributed by atoms with Gasteiger partial charge in [0.15, 0.2) is 0 Å². The summed E-state index contributed by atoms with van der Waals surface area (Å²) in [4.78, 5) is 10.3. The number of benzene rings is 1. The molecule has 0 heterocycles. The summed E-state index contributed by atoms with van der Waals surface area (Å²) >= 11 is 3.29. The lowest BCUT2D eigenvalue weighted by Gasteiger charge is -2.04. The van der Waals surface area contributed by atoms with E-state index in [0.717, 1.165) is 10.0 Å². The number of hydrogen-bond acceptors (Lipinski definition) is 1. The van der Waals surface area contributed by atoms with E-state index < -0.39 is 6.09 Å². The van der Waals surface area contributed by atoms with Crippen molar-refractivity contribution in [3.05, 3.63) is 28.2 Å². The molecule has 0 unspecified atom stereocenters. The lowest BCUT2D eigenvalue weighted by molar-refractivity contribution is 0.209. The average molecular weight is 230 g/mol. The second-order valence-electron chi connectivity index (χ2n) is 2.39. The van der Waals surface area contributed by atoms with Crippen LogP contribution in [-0.2, 0) is 0 Å². The van der Waals surface area contributed by atoms with Gasteiger partial charge in [0, 0.05) is 10.2 Å². The summed E-state index contributed by atoms with van der Waals surface area (Å²) in [5, 5.41) is 10.7. The summed E-state index contributed by atoms with van der Waals surface area (Å²) < 4.78 is 0.941. The third-order valence-corrected chi connectivity index (χ3v) is 1.92. The van der Waals surface area contributed by atoms with Gasteiger partial charge >= 0.3 is 6.09 Å². The molecule has 1 amide bonds. The van der Waals surface area contributed by atoms with Crippen LogP contribution in [0.25, 0.3) is 0 Å². The van der Waals surface area contributed by atoms with Gasteiger partial charge in [-0.3, -0.25) is 5.32 Å². The molecule has 0 saturated carbocycles. The van der Waals surface area contributed by atoms with Crippen molar-refractivity contribution in [2.75, 3.05) is 5.32 Å². The Labute approximate surface area is 78.5 Å². The maximum absolute atomic E-state index is 10.3. The minimum Gasteiger partial charge on any atom is -0.465 e. The van der Waals surface area contributed by atoms with Crippen LogP contribution >= 0.6 is 15.9 Å². The molecule has 1 aromatic rings. The zero-order valence-corrected chi connectivity index (χ0v) is 8.05. The van der Waals surface area contributed by atoms with Gasteiger partial charge in [-0.15, -0.1) is 0 Å². The fourth-order valence-electron chi connectivity index (χ4n) is 0.883. The van der Waals surface area contributed by atoms with Gasteiger partial charge in [-0.1, -0.05) is 15.9 Å². The number of nitrogens with one attached hydrogen (secondary N) is 1. The predicted octanol–water partition coefficient (Wildman–Crippen LogP) is 2.85. The van der Waals surface area contributed by atoms with Crippen molar-refractivity contribution >= 4 is 27.7 Å². The van der Waals surface area contributed by atoms with Crippen LogP contribution in [0.1, 0.15) is 5.56 Å². The smallest absolute Gasteiger partial charge is 0.409 e. The number of carbonyl (C=O) groups is 1. The van der Waals surface area contributed by atoms with Crippen LogP contribution in [0.4, 0.5) is 10.5 Å². The molecular weight excluding hydrogens is 222 g/mol. The van der Waals surface area contributed by atoms with E-state index in [1.807, 2.05) is 13.0 Å². The van der Waals surface area contributed by atoms with Crippen LogP contribution in [0, 0.1) is 6.92 Å². The average Bonchev–Trinajstić information content (AvgIpc) is 1.94. The molecule has 0 aliphatic heterocycles. The second kappa shape index (κ2) is 3.58. The molecule has 0 atom stereocenters. The Bertz CT molecular complexity index is 312. The van der Waals surface area contributed by atoms with Crippen LogP contribution in [0.2, 0.25) is 0 Å². The molecule has 0 aromatic heterocycles. The van der Waals surface area contributed by atoms with Crippen LogP contribution in [0.15, 0.2) is 22.7 Å². The highest BCUT2D eigenvalue weighted by atomic mass is 79.9. The topological polar surface area (TPSA) is 49.3 Å². The van der Waals surface area contributed by atoms with Gasteiger partial charge in [-0.25, -0.2) is 4.79 Å². The largest absolute Gasteiger partial charge is 0.465 e. The van der Waals surface area contributed by atoms with E-state index in [1.54, 1.807) is 12.1 Å². The fraction of sp³-hybridized carbons (Fsp3) is 0.125. The molecule has 0 spiro atoms. The van der Waals surface area contributed by atoms with Crippen molar-refractivity contribution in [3.8, 4) is 0 Å². The first-order chi connectivity index (χ1) is 5.59. The monoisotopic (exact) mass is 229 g/mol. The van der Waals surface area contributed by atoms with Gasteiger partial charge in [0.25, 0.3) is 0 Å². The van der Waals surface area contributed by atoms with E-state index in [4.69, 9.17) is 5.11 Å². The molecule has 2 N–H and O–H groups in total. The number of aryl methyl sites for hydroxylation is 1. The molecule has 1 rings (SSSR count). The normalized spacial score (nSPS) is 9.50. The molecule has 12 heavy (non-hydrogen) atoms. The van der Waals surface area contributed by atoms with Gasteiger partial charge < -0.3 is 5.11 Å². The van der Waals surface area contributed by atoms with E-state index >= 15 is 0 Å². The Hall–Kier alpha value is -1.03. The van der Waals surface area contributed by atoms with Crippen molar-refractivity contribution in [2.24, 2.45) is 0 Å². The first kappa shape index (κ1) is 9.06. The maximum atomic E-state index is 10.3. The third-order valence-electron chi connectivity index (χ3n) is 1.43. The number of carboxylic acid groups (broad SMARTS) is 1. The van der Waals surface area contributed by atoms with E-state index in [9.17, 15) is 4.79 Å². The number of rotatable bonds is 1. The highest BCUT2D eigenvalue weighted by Gasteiger charge is 2.01. The van der Waals surface area contributed by atoms with Crippen LogP contribution in [-0.4, -0.2) is 11.2 Å². The van der Waals surface area contributed by atoms with Crippen LogP contribution < -0.4 is 5.32 Å². The summed E-state index contributed by atoms with van der Waals surface area (Å²) in [6, 6.07) is 5.36. The summed E-state index contributed by atoms with van der Waals surface area (Å²) in [7, 11) is 0. The van der Waals surface area contributed by atoms with Gasteiger partial charge in [-0.2, -0.15) is 0 Å². The van der Waals surface area contributed by atoms with Crippen LogP contribution in [0.3, 0.4) is 0 Å². The molecule has 0 radical (unpaired) electrons. The molecule has 1 aromatic carbocycles. The van der Waals surface area contributed by atoms with Crippen molar-refractivity contribution in [1.29, 1.82) is 0 Å². The Morgan fingerprint density at radius 2 is 2.25 bits per heavy atom. The summed E-state index contributed by atoms with van der Waals surface area (Å²) in [5.74, 6) is 0. The molecule has 0 aliphatic carbocycles. The predicted molar refractivity (Wildman–Crippen MR) is 50.5 cm³/mol. The Morgan fingerprint density at radius 1 is 1.58 bits per heavy atom. The lowest BCUT2D eigenvalue weighted by atomic mass is 10.2. The molecular formula is C8H8BrNO2. The van der Waals surface area contributed by atoms with Crippen LogP contribution in [0.5, 0.6) is 0 Å². The van der Waals surface area contributed by atoms with Crippen molar-refractivity contribution < 1.29 is 9.90 Å². The van der Waals surface area contributed by atoms with Gasteiger partial charge in [0.1, 0.15) is 0 Å². The zero-order chi connectivity index (χ0) is 9.14. The summed E-state index contributed by atoms with van der Waals surface area (Å²) in [5.41, 5.74) is 1.51. The first-order valence-corrected chi connectivity index (χ1v) is 4.15.